The lowest BCUT2D eigenvalue weighted by Gasteiger charge is -2.34. The van der Waals surface area contributed by atoms with Crippen molar-refractivity contribution >= 4 is 11.9 Å². The number of aliphatic hydroxyl groups is 1. The molecule has 1 unspecified atom stereocenters. The molecule has 0 bridgehead atoms. The van der Waals surface area contributed by atoms with Crippen LogP contribution in [0.25, 0.3) is 0 Å². The van der Waals surface area contributed by atoms with Gasteiger partial charge in [0.2, 0.25) is 0 Å². The summed E-state index contributed by atoms with van der Waals surface area (Å²) < 4.78 is 5.17. The van der Waals surface area contributed by atoms with Gasteiger partial charge in [0.25, 0.3) is 5.91 Å². The van der Waals surface area contributed by atoms with E-state index >= 15 is 0 Å². The molecule has 1 aromatic heterocycles. The van der Waals surface area contributed by atoms with Crippen molar-refractivity contribution < 1.29 is 24.2 Å². The predicted octanol–water partition coefficient (Wildman–Crippen LogP) is 0.221. The predicted molar refractivity (Wildman–Crippen MR) is 68.5 cm³/mol. The van der Waals surface area contributed by atoms with Gasteiger partial charge in [0, 0.05) is 23.5 Å². The van der Waals surface area contributed by atoms with Crippen molar-refractivity contribution in [2.45, 2.75) is 18.7 Å². The van der Waals surface area contributed by atoms with Crippen LogP contribution in [-0.2, 0) is 17.1 Å². The quantitative estimate of drug-likeness (QED) is 0.867. The van der Waals surface area contributed by atoms with E-state index in [0.29, 0.717) is 5.76 Å². The van der Waals surface area contributed by atoms with Gasteiger partial charge in [-0.3, -0.25) is 9.69 Å². The van der Waals surface area contributed by atoms with Gasteiger partial charge in [-0.15, -0.1) is 0 Å². The molecule has 1 aliphatic rings. The van der Waals surface area contributed by atoms with E-state index in [9.17, 15) is 19.8 Å². The lowest BCUT2D eigenvalue weighted by atomic mass is 9.98. The van der Waals surface area contributed by atoms with E-state index in [1.54, 1.807) is 30.3 Å². The number of carbonyl (C=O) groups is 2. The van der Waals surface area contributed by atoms with Crippen LogP contribution < -0.4 is 5.11 Å². The number of carboxylic acid groups (broad SMARTS) is 1. The minimum absolute atomic E-state index is 0.0235. The van der Waals surface area contributed by atoms with Crippen LogP contribution in [0.3, 0.4) is 0 Å². The third kappa shape index (κ3) is 2.09. The summed E-state index contributed by atoms with van der Waals surface area (Å²) in [5.74, 6) is -1.43. The third-order valence-electron chi connectivity index (χ3n) is 3.57. The SMILES string of the molecule is O=C([O-])CC1(O)c2ccccc2C(=O)N1Cc1ccco1. The Morgan fingerprint density at radius 3 is 2.71 bits per heavy atom. The first-order valence-electron chi connectivity index (χ1n) is 6.38. The Hall–Kier alpha value is -2.60. The van der Waals surface area contributed by atoms with E-state index in [4.69, 9.17) is 4.42 Å². The first-order chi connectivity index (χ1) is 10.0. The van der Waals surface area contributed by atoms with E-state index in [0.717, 1.165) is 4.90 Å². The Labute approximate surface area is 120 Å². The van der Waals surface area contributed by atoms with Gasteiger partial charge in [-0.1, -0.05) is 18.2 Å². The van der Waals surface area contributed by atoms with Crippen LogP contribution in [0.15, 0.2) is 47.1 Å². The van der Waals surface area contributed by atoms with E-state index in [1.807, 2.05) is 0 Å². The molecule has 1 N–H and O–H groups in total. The average Bonchev–Trinajstić information content (AvgIpc) is 3.02. The molecule has 0 saturated heterocycles. The van der Waals surface area contributed by atoms with Crippen LogP contribution in [0.4, 0.5) is 0 Å². The summed E-state index contributed by atoms with van der Waals surface area (Å²) in [6, 6.07) is 9.70. The van der Waals surface area contributed by atoms with Crippen molar-refractivity contribution in [3.8, 4) is 0 Å². The summed E-state index contributed by atoms with van der Waals surface area (Å²) in [4.78, 5) is 24.5. The average molecular weight is 286 g/mol. The topological polar surface area (TPSA) is 93.8 Å². The van der Waals surface area contributed by atoms with Gasteiger partial charge in [-0.2, -0.15) is 0 Å². The second-order valence-electron chi connectivity index (χ2n) is 4.88. The molecule has 2 aromatic rings. The summed E-state index contributed by atoms with van der Waals surface area (Å²) in [6.45, 7) is -0.0235. The van der Waals surface area contributed by atoms with Crippen LogP contribution in [0.1, 0.15) is 28.1 Å². The molecule has 0 saturated carbocycles. The van der Waals surface area contributed by atoms with Gasteiger partial charge in [0.15, 0.2) is 5.72 Å². The Kier molecular flexibility index (Phi) is 3.03. The molecule has 3 rings (SSSR count). The number of hydrogen-bond acceptors (Lipinski definition) is 5. The van der Waals surface area contributed by atoms with Gasteiger partial charge >= 0.3 is 0 Å². The number of benzene rings is 1. The molecule has 1 amide bonds. The Bertz CT molecular complexity index is 694. The van der Waals surface area contributed by atoms with Crippen LogP contribution >= 0.6 is 0 Å². The smallest absolute Gasteiger partial charge is 0.257 e. The van der Waals surface area contributed by atoms with Gasteiger partial charge in [0.05, 0.1) is 12.8 Å². The van der Waals surface area contributed by atoms with Crippen LogP contribution in [-0.4, -0.2) is 21.9 Å². The molecule has 6 nitrogen and oxygen atoms in total. The van der Waals surface area contributed by atoms with Crippen LogP contribution in [0.5, 0.6) is 0 Å². The number of rotatable bonds is 4. The van der Waals surface area contributed by atoms with E-state index in [-0.39, 0.29) is 17.7 Å². The normalized spacial score (nSPS) is 20.6. The number of furan rings is 1. The fourth-order valence-corrected chi connectivity index (χ4v) is 2.63. The zero-order valence-electron chi connectivity index (χ0n) is 11.0. The number of nitrogens with zero attached hydrogens (tertiary/aromatic N) is 1. The van der Waals surface area contributed by atoms with Crippen molar-refractivity contribution in [2.75, 3.05) is 0 Å². The lowest BCUT2D eigenvalue weighted by Crippen LogP contribution is -2.47. The van der Waals surface area contributed by atoms with Crippen molar-refractivity contribution in [2.24, 2.45) is 0 Å². The van der Waals surface area contributed by atoms with Crippen LogP contribution in [0, 0.1) is 0 Å². The standard InChI is InChI=1S/C15H13NO5/c17-13(18)8-15(20)12-6-2-1-5-11(12)14(19)16(15)9-10-4-3-7-21-10/h1-7,20H,8-9H2,(H,17,18)/p-1. The highest BCUT2D eigenvalue weighted by Gasteiger charge is 2.48. The van der Waals surface area contributed by atoms with Crippen molar-refractivity contribution in [1.29, 1.82) is 0 Å². The van der Waals surface area contributed by atoms with Gasteiger partial charge in [-0.05, 0) is 18.2 Å². The number of amides is 1. The molecule has 1 atom stereocenters. The molecule has 0 aliphatic carbocycles. The molecule has 6 heteroatoms. The number of carbonyl (C=O) groups excluding carboxylic acids is 2. The first-order valence-corrected chi connectivity index (χ1v) is 6.38. The zero-order chi connectivity index (χ0) is 15.0. The highest BCUT2D eigenvalue weighted by molar-refractivity contribution is 6.00. The maximum Gasteiger partial charge on any atom is 0.257 e. The lowest BCUT2D eigenvalue weighted by molar-refractivity contribution is -0.312. The maximum absolute atomic E-state index is 12.4. The van der Waals surface area contributed by atoms with Crippen LogP contribution in [0.2, 0.25) is 0 Å². The van der Waals surface area contributed by atoms with Crippen molar-refractivity contribution in [3.05, 3.63) is 59.5 Å². The molecule has 21 heavy (non-hydrogen) atoms. The number of aliphatic carboxylic acids is 1. The summed E-state index contributed by atoms with van der Waals surface area (Å²) in [5, 5.41) is 21.8. The number of hydrogen-bond donors (Lipinski definition) is 1. The Morgan fingerprint density at radius 1 is 1.29 bits per heavy atom. The molecule has 0 spiro atoms. The third-order valence-corrected chi connectivity index (χ3v) is 3.57. The van der Waals surface area contributed by atoms with E-state index < -0.39 is 24.0 Å². The van der Waals surface area contributed by atoms with Gasteiger partial charge < -0.3 is 19.4 Å². The summed E-state index contributed by atoms with van der Waals surface area (Å²) in [5.41, 5.74) is -1.38. The zero-order valence-corrected chi connectivity index (χ0v) is 11.0. The Balaban J connectivity index is 2.05. The molecule has 2 heterocycles. The largest absolute Gasteiger partial charge is 0.550 e. The summed E-state index contributed by atoms with van der Waals surface area (Å²) in [6.07, 6.45) is 0.747. The summed E-state index contributed by atoms with van der Waals surface area (Å²) >= 11 is 0. The molecule has 1 aromatic carbocycles. The second kappa shape index (κ2) is 4.75. The fraction of sp³-hybridized carbons (Fsp3) is 0.200. The molecule has 0 fully saturated rings. The highest BCUT2D eigenvalue weighted by Crippen LogP contribution is 2.40. The van der Waals surface area contributed by atoms with E-state index in [1.165, 1.54) is 12.3 Å². The highest BCUT2D eigenvalue weighted by atomic mass is 16.4. The van der Waals surface area contributed by atoms with Crippen molar-refractivity contribution in [1.82, 2.24) is 4.90 Å². The molecule has 1 aliphatic heterocycles. The van der Waals surface area contributed by atoms with Gasteiger partial charge in [0.1, 0.15) is 5.76 Å². The number of carboxylic acids is 1. The second-order valence-corrected chi connectivity index (χ2v) is 4.88. The summed E-state index contributed by atoms with van der Waals surface area (Å²) in [7, 11) is 0. The van der Waals surface area contributed by atoms with Crippen molar-refractivity contribution in [3.63, 3.8) is 0 Å². The fourth-order valence-electron chi connectivity index (χ4n) is 2.63. The Morgan fingerprint density at radius 2 is 2.05 bits per heavy atom. The molecule has 108 valence electrons. The van der Waals surface area contributed by atoms with Gasteiger partial charge in [-0.25, -0.2) is 0 Å². The number of fused-ring (bicyclic) bond motifs is 1. The maximum atomic E-state index is 12.4. The first kappa shape index (κ1) is 13.4. The molecular formula is C15H12NO5-. The minimum Gasteiger partial charge on any atom is -0.550 e. The van der Waals surface area contributed by atoms with E-state index in [2.05, 4.69) is 0 Å². The monoisotopic (exact) mass is 286 g/mol. The molecular weight excluding hydrogens is 274 g/mol. The minimum atomic E-state index is -1.93. The molecule has 0 radical (unpaired) electrons.